The third kappa shape index (κ3) is 8.77. The first-order valence-electron chi connectivity index (χ1n) is 13.2. The van der Waals surface area contributed by atoms with Crippen molar-refractivity contribution in [1.82, 2.24) is 26.2 Å². The molecule has 1 aromatic rings. The second kappa shape index (κ2) is 12.4. The average molecular weight is 562 g/mol. The van der Waals surface area contributed by atoms with Crippen molar-refractivity contribution in [2.24, 2.45) is 5.41 Å². The number of hydrogen-bond acceptors (Lipinski definition) is 6. The first kappa shape index (κ1) is 34.6. The fourth-order valence-electron chi connectivity index (χ4n) is 3.70. The summed E-state index contributed by atoms with van der Waals surface area (Å²) in [7, 11) is 3.15. The normalized spacial score (nSPS) is 13.9. The molecule has 1 unspecified atom stereocenters. The molecule has 0 spiro atoms. The summed E-state index contributed by atoms with van der Waals surface area (Å²) in [6.07, 6.45) is 0.119. The minimum Gasteiger partial charge on any atom is -0.395 e. The lowest BCUT2D eigenvalue weighted by atomic mass is 9.86. The van der Waals surface area contributed by atoms with Gasteiger partial charge < -0.3 is 31.3 Å². The molecule has 5 N–H and O–H groups in total. The van der Waals surface area contributed by atoms with Crippen molar-refractivity contribution in [2.75, 3.05) is 20.7 Å². The Bertz CT molecular complexity index is 1110. The van der Waals surface area contributed by atoms with Crippen molar-refractivity contribution in [3.63, 3.8) is 0 Å². The van der Waals surface area contributed by atoms with Crippen molar-refractivity contribution in [3.05, 3.63) is 35.9 Å². The number of nitrogens with zero attached hydrogens (tertiary/aromatic N) is 1. The van der Waals surface area contributed by atoms with E-state index in [1.807, 2.05) is 30.3 Å². The largest absolute Gasteiger partial charge is 0.395 e. The SMILES string of the molecule is CN(C)C(=O)C(C)(C)NC(=O)C(C)(C)NC(=O)C(C)(C)NC(=O)C(C)(Cc1ccccc1)NC(=O)C(C)(C)CO. The van der Waals surface area contributed by atoms with Crippen LogP contribution in [0.3, 0.4) is 0 Å². The Morgan fingerprint density at radius 1 is 0.650 bits per heavy atom. The van der Waals surface area contributed by atoms with Crippen LogP contribution >= 0.6 is 0 Å². The molecule has 11 nitrogen and oxygen atoms in total. The first-order chi connectivity index (χ1) is 18.0. The van der Waals surface area contributed by atoms with Crippen LogP contribution in [0, 0.1) is 5.41 Å². The van der Waals surface area contributed by atoms with E-state index >= 15 is 0 Å². The van der Waals surface area contributed by atoms with Gasteiger partial charge in [0.25, 0.3) is 0 Å². The predicted molar refractivity (Wildman–Crippen MR) is 153 cm³/mol. The van der Waals surface area contributed by atoms with Gasteiger partial charge in [-0.1, -0.05) is 30.3 Å². The lowest BCUT2D eigenvalue weighted by Crippen LogP contribution is -2.68. The van der Waals surface area contributed by atoms with Gasteiger partial charge in [-0.2, -0.15) is 0 Å². The van der Waals surface area contributed by atoms with Crippen LogP contribution < -0.4 is 21.3 Å². The van der Waals surface area contributed by atoms with Gasteiger partial charge in [0.15, 0.2) is 0 Å². The summed E-state index contributed by atoms with van der Waals surface area (Å²) in [6.45, 7) is 13.3. The molecule has 5 amide bonds. The van der Waals surface area contributed by atoms with Gasteiger partial charge in [-0.05, 0) is 67.9 Å². The minimum atomic E-state index is -1.50. The molecule has 40 heavy (non-hydrogen) atoms. The van der Waals surface area contributed by atoms with Gasteiger partial charge in [0, 0.05) is 20.5 Å². The van der Waals surface area contributed by atoms with Crippen LogP contribution in [0.4, 0.5) is 0 Å². The quantitative estimate of drug-likeness (QED) is 0.255. The average Bonchev–Trinajstić information content (AvgIpc) is 2.82. The first-order valence-corrected chi connectivity index (χ1v) is 13.2. The van der Waals surface area contributed by atoms with Gasteiger partial charge in [-0.3, -0.25) is 24.0 Å². The fraction of sp³-hybridized carbons (Fsp3) is 0.621. The van der Waals surface area contributed by atoms with Crippen molar-refractivity contribution >= 4 is 29.5 Å². The predicted octanol–water partition coefficient (Wildman–Crippen LogP) is 0.895. The van der Waals surface area contributed by atoms with E-state index < -0.39 is 57.8 Å². The molecule has 0 aliphatic carbocycles. The van der Waals surface area contributed by atoms with Crippen LogP contribution in [0.25, 0.3) is 0 Å². The van der Waals surface area contributed by atoms with E-state index in [0.717, 1.165) is 5.56 Å². The Kier molecular flexibility index (Phi) is 10.7. The number of likely N-dealkylation sites (N-methyl/N-ethyl adjacent to an activating group) is 1. The molecule has 1 rings (SSSR count). The maximum Gasteiger partial charge on any atom is 0.247 e. The molecule has 224 valence electrons. The highest BCUT2D eigenvalue weighted by molar-refractivity contribution is 6.00. The number of carbonyl (C=O) groups is 5. The van der Waals surface area contributed by atoms with Crippen LogP contribution in [0.15, 0.2) is 30.3 Å². The highest BCUT2D eigenvalue weighted by Gasteiger charge is 2.44. The highest BCUT2D eigenvalue weighted by atomic mass is 16.3. The Morgan fingerprint density at radius 2 is 1.07 bits per heavy atom. The molecule has 1 atom stereocenters. The van der Waals surface area contributed by atoms with E-state index in [-0.39, 0.29) is 12.3 Å². The van der Waals surface area contributed by atoms with Gasteiger partial charge in [0.2, 0.25) is 29.5 Å². The molecule has 11 heteroatoms. The van der Waals surface area contributed by atoms with Gasteiger partial charge in [0.1, 0.15) is 22.2 Å². The van der Waals surface area contributed by atoms with Crippen molar-refractivity contribution in [2.45, 2.75) is 90.9 Å². The van der Waals surface area contributed by atoms with Gasteiger partial charge in [0.05, 0.1) is 12.0 Å². The maximum atomic E-state index is 13.7. The zero-order valence-corrected chi connectivity index (χ0v) is 25.7. The van der Waals surface area contributed by atoms with E-state index in [9.17, 15) is 29.1 Å². The number of aliphatic hydroxyl groups is 1. The number of carbonyl (C=O) groups excluding carboxylic acids is 5. The summed E-state index contributed by atoms with van der Waals surface area (Å²) in [5.41, 5.74) is -6.01. The smallest absolute Gasteiger partial charge is 0.247 e. The topological polar surface area (TPSA) is 157 Å². The lowest BCUT2D eigenvalue weighted by molar-refractivity contribution is -0.143. The van der Waals surface area contributed by atoms with Crippen molar-refractivity contribution in [1.29, 1.82) is 0 Å². The van der Waals surface area contributed by atoms with E-state index in [2.05, 4.69) is 21.3 Å². The number of rotatable bonds is 12. The van der Waals surface area contributed by atoms with E-state index in [1.54, 1.807) is 48.7 Å². The Labute approximate surface area is 237 Å². The summed E-state index contributed by atoms with van der Waals surface area (Å²) in [5, 5.41) is 20.5. The zero-order valence-electron chi connectivity index (χ0n) is 25.7. The molecule has 0 saturated heterocycles. The second-order valence-electron chi connectivity index (χ2n) is 12.9. The van der Waals surface area contributed by atoms with E-state index in [1.165, 1.54) is 32.6 Å². The minimum absolute atomic E-state index is 0.119. The van der Waals surface area contributed by atoms with Crippen LogP contribution in [-0.4, -0.2) is 82.4 Å². The molecular formula is C29H47N5O6. The zero-order chi connectivity index (χ0) is 31.3. The van der Waals surface area contributed by atoms with Crippen LogP contribution in [0.2, 0.25) is 0 Å². The molecule has 0 radical (unpaired) electrons. The molecule has 0 heterocycles. The number of aliphatic hydroxyl groups excluding tert-OH is 1. The lowest BCUT2D eigenvalue weighted by Gasteiger charge is -2.38. The molecular weight excluding hydrogens is 514 g/mol. The highest BCUT2D eigenvalue weighted by Crippen LogP contribution is 2.21. The summed E-state index contributed by atoms with van der Waals surface area (Å²) >= 11 is 0. The monoisotopic (exact) mass is 561 g/mol. The van der Waals surface area contributed by atoms with Gasteiger partial charge in [-0.25, -0.2) is 0 Å². The van der Waals surface area contributed by atoms with Crippen LogP contribution in [0.5, 0.6) is 0 Å². The summed E-state index contributed by atoms with van der Waals surface area (Å²) in [6, 6.07) is 9.08. The molecule has 0 aliphatic heterocycles. The maximum absolute atomic E-state index is 13.7. The summed E-state index contributed by atoms with van der Waals surface area (Å²) < 4.78 is 0. The van der Waals surface area contributed by atoms with Crippen LogP contribution in [-0.2, 0) is 30.4 Å². The van der Waals surface area contributed by atoms with Gasteiger partial charge in [-0.15, -0.1) is 0 Å². The Balaban J connectivity index is 3.17. The fourth-order valence-corrected chi connectivity index (χ4v) is 3.70. The molecule has 0 aliphatic rings. The number of amides is 5. The van der Waals surface area contributed by atoms with E-state index in [4.69, 9.17) is 0 Å². The van der Waals surface area contributed by atoms with Gasteiger partial charge >= 0.3 is 0 Å². The van der Waals surface area contributed by atoms with E-state index in [0.29, 0.717) is 0 Å². The number of hydrogen-bond donors (Lipinski definition) is 5. The summed E-state index contributed by atoms with van der Waals surface area (Å²) in [4.78, 5) is 66.8. The molecule has 1 aromatic carbocycles. The Hall–Kier alpha value is -3.47. The second-order valence-corrected chi connectivity index (χ2v) is 12.9. The Morgan fingerprint density at radius 3 is 1.50 bits per heavy atom. The van der Waals surface area contributed by atoms with Crippen LogP contribution in [0.1, 0.15) is 67.9 Å². The standard InChI is InChI=1S/C29H47N5O6/c1-25(2,18-35)20(36)33-29(9,17-19-15-13-12-14-16-19)23(39)32-27(5,6)21(37)30-26(3,4)22(38)31-28(7,8)24(40)34(10)11/h12-16,35H,17-18H2,1-11H3,(H,30,37)(H,31,38)(H,32,39)(H,33,36). The molecule has 0 saturated carbocycles. The summed E-state index contributed by atoms with van der Waals surface area (Å²) in [5.74, 6) is -2.71. The molecule has 0 fully saturated rings. The number of benzene rings is 1. The number of nitrogens with one attached hydrogen (secondary N) is 4. The van der Waals surface area contributed by atoms with Crippen molar-refractivity contribution in [3.8, 4) is 0 Å². The molecule has 0 bridgehead atoms. The third-order valence-corrected chi connectivity index (χ3v) is 6.66. The van der Waals surface area contributed by atoms with Crippen molar-refractivity contribution < 1.29 is 29.1 Å². The molecule has 0 aromatic heterocycles. The third-order valence-electron chi connectivity index (χ3n) is 6.66.